The number of hydrogen-bond acceptors (Lipinski definition) is 1. The number of thiocarbonyl (C=S) groups is 1. The number of para-hydroxylation sites is 1. The smallest absolute Gasteiger partial charge is 0.173 e. The SMILES string of the molecule is S=C(NC1CCCC1)N1CCc2ccccc21. The summed E-state index contributed by atoms with van der Waals surface area (Å²) < 4.78 is 0. The minimum Gasteiger partial charge on any atom is -0.360 e. The molecule has 1 heterocycles. The fraction of sp³-hybridized carbons (Fsp3) is 0.500. The van der Waals surface area contributed by atoms with Crippen LogP contribution in [-0.2, 0) is 6.42 Å². The predicted molar refractivity (Wildman–Crippen MR) is 75.5 cm³/mol. The third-order valence-corrected chi connectivity index (χ3v) is 4.15. The molecule has 3 rings (SSSR count). The number of anilines is 1. The van der Waals surface area contributed by atoms with E-state index in [0.717, 1.165) is 18.1 Å². The normalized spacial score (nSPS) is 19.4. The van der Waals surface area contributed by atoms with Gasteiger partial charge >= 0.3 is 0 Å². The van der Waals surface area contributed by atoms with Gasteiger partial charge in [-0.15, -0.1) is 0 Å². The first-order valence-corrected chi connectivity index (χ1v) is 6.91. The molecular weight excluding hydrogens is 228 g/mol. The van der Waals surface area contributed by atoms with Crippen molar-refractivity contribution in [1.82, 2.24) is 5.32 Å². The number of nitrogens with zero attached hydrogens (tertiary/aromatic N) is 1. The molecule has 0 radical (unpaired) electrons. The molecule has 0 spiro atoms. The molecule has 2 aliphatic rings. The zero-order valence-corrected chi connectivity index (χ0v) is 10.8. The zero-order valence-electron chi connectivity index (χ0n) is 9.98. The van der Waals surface area contributed by atoms with Gasteiger partial charge < -0.3 is 10.2 Å². The van der Waals surface area contributed by atoms with Gasteiger partial charge in [0.1, 0.15) is 0 Å². The fourth-order valence-electron chi connectivity index (χ4n) is 2.87. The van der Waals surface area contributed by atoms with E-state index in [4.69, 9.17) is 12.2 Å². The summed E-state index contributed by atoms with van der Waals surface area (Å²) in [7, 11) is 0. The molecule has 1 N–H and O–H groups in total. The lowest BCUT2D eigenvalue weighted by Crippen LogP contribution is -2.43. The van der Waals surface area contributed by atoms with Crippen LogP contribution in [0.15, 0.2) is 24.3 Å². The Kier molecular flexibility index (Phi) is 3.02. The Hall–Kier alpha value is -1.09. The number of hydrogen-bond donors (Lipinski definition) is 1. The van der Waals surface area contributed by atoms with Gasteiger partial charge in [-0.05, 0) is 43.1 Å². The second-order valence-electron chi connectivity index (χ2n) is 4.96. The molecule has 1 saturated carbocycles. The van der Waals surface area contributed by atoms with Crippen molar-refractivity contribution in [2.45, 2.75) is 38.1 Å². The maximum absolute atomic E-state index is 5.54. The first-order chi connectivity index (χ1) is 8.34. The van der Waals surface area contributed by atoms with Crippen molar-refractivity contribution in [2.75, 3.05) is 11.4 Å². The minimum absolute atomic E-state index is 0.607. The highest BCUT2D eigenvalue weighted by Gasteiger charge is 2.24. The lowest BCUT2D eigenvalue weighted by atomic mass is 10.2. The largest absolute Gasteiger partial charge is 0.360 e. The van der Waals surface area contributed by atoms with E-state index in [1.165, 1.54) is 36.9 Å². The Bertz CT molecular complexity index is 424. The Balaban J connectivity index is 1.71. The molecule has 0 aromatic heterocycles. The Morgan fingerprint density at radius 2 is 2.00 bits per heavy atom. The fourth-order valence-corrected chi connectivity index (χ4v) is 3.23. The van der Waals surface area contributed by atoms with Gasteiger partial charge in [-0.25, -0.2) is 0 Å². The van der Waals surface area contributed by atoms with E-state index in [9.17, 15) is 0 Å². The Morgan fingerprint density at radius 3 is 2.82 bits per heavy atom. The van der Waals surface area contributed by atoms with Crippen molar-refractivity contribution in [3.63, 3.8) is 0 Å². The maximum atomic E-state index is 5.54. The summed E-state index contributed by atoms with van der Waals surface area (Å²) in [6, 6.07) is 9.18. The highest BCUT2D eigenvalue weighted by atomic mass is 32.1. The molecule has 1 aromatic carbocycles. The molecule has 3 heteroatoms. The van der Waals surface area contributed by atoms with Gasteiger partial charge in [0.25, 0.3) is 0 Å². The summed E-state index contributed by atoms with van der Waals surface area (Å²) in [6.07, 6.45) is 6.35. The zero-order chi connectivity index (χ0) is 11.7. The Morgan fingerprint density at radius 1 is 1.24 bits per heavy atom. The Labute approximate surface area is 108 Å². The molecule has 0 atom stereocenters. The van der Waals surface area contributed by atoms with Gasteiger partial charge in [0.2, 0.25) is 0 Å². The van der Waals surface area contributed by atoms with Gasteiger partial charge in [0, 0.05) is 18.3 Å². The second-order valence-corrected chi connectivity index (χ2v) is 5.35. The molecule has 90 valence electrons. The van der Waals surface area contributed by atoms with Gasteiger partial charge in [-0.1, -0.05) is 31.0 Å². The third-order valence-electron chi connectivity index (χ3n) is 3.82. The molecule has 17 heavy (non-hydrogen) atoms. The van der Waals surface area contributed by atoms with Gasteiger partial charge in [0.05, 0.1) is 0 Å². The van der Waals surface area contributed by atoms with E-state index in [-0.39, 0.29) is 0 Å². The van der Waals surface area contributed by atoms with Crippen molar-refractivity contribution in [3.8, 4) is 0 Å². The van der Waals surface area contributed by atoms with Crippen LogP contribution in [0.25, 0.3) is 0 Å². The molecule has 1 fully saturated rings. The van der Waals surface area contributed by atoms with Crippen LogP contribution in [0.1, 0.15) is 31.2 Å². The lowest BCUT2D eigenvalue weighted by Gasteiger charge is -2.24. The summed E-state index contributed by atoms with van der Waals surface area (Å²) in [5.74, 6) is 0. The van der Waals surface area contributed by atoms with Crippen LogP contribution in [-0.4, -0.2) is 17.7 Å². The van der Waals surface area contributed by atoms with Crippen LogP contribution >= 0.6 is 12.2 Å². The molecule has 1 aliphatic heterocycles. The van der Waals surface area contributed by atoms with Gasteiger partial charge in [0.15, 0.2) is 5.11 Å². The van der Waals surface area contributed by atoms with Crippen LogP contribution < -0.4 is 10.2 Å². The molecule has 0 saturated heterocycles. The summed E-state index contributed by atoms with van der Waals surface area (Å²) in [5, 5.41) is 4.44. The van der Waals surface area contributed by atoms with Crippen molar-refractivity contribution < 1.29 is 0 Å². The van der Waals surface area contributed by atoms with E-state index < -0.39 is 0 Å². The van der Waals surface area contributed by atoms with Crippen molar-refractivity contribution in [2.24, 2.45) is 0 Å². The van der Waals surface area contributed by atoms with Crippen LogP contribution in [0.5, 0.6) is 0 Å². The molecule has 1 aliphatic carbocycles. The molecule has 0 unspecified atom stereocenters. The topological polar surface area (TPSA) is 15.3 Å². The van der Waals surface area contributed by atoms with E-state index in [2.05, 4.69) is 34.5 Å². The van der Waals surface area contributed by atoms with Crippen LogP contribution in [0.3, 0.4) is 0 Å². The number of fused-ring (bicyclic) bond motifs is 1. The van der Waals surface area contributed by atoms with Crippen molar-refractivity contribution in [1.29, 1.82) is 0 Å². The molecule has 0 bridgehead atoms. The van der Waals surface area contributed by atoms with E-state index in [0.29, 0.717) is 6.04 Å². The van der Waals surface area contributed by atoms with Crippen LogP contribution in [0.2, 0.25) is 0 Å². The average Bonchev–Trinajstić information content (AvgIpc) is 2.96. The third kappa shape index (κ3) is 2.16. The average molecular weight is 246 g/mol. The van der Waals surface area contributed by atoms with Gasteiger partial charge in [-0.2, -0.15) is 0 Å². The van der Waals surface area contributed by atoms with Crippen molar-refractivity contribution in [3.05, 3.63) is 29.8 Å². The summed E-state index contributed by atoms with van der Waals surface area (Å²) in [5.41, 5.74) is 2.71. The van der Waals surface area contributed by atoms with E-state index >= 15 is 0 Å². The minimum atomic E-state index is 0.607. The highest BCUT2D eigenvalue weighted by molar-refractivity contribution is 7.80. The molecular formula is C14H18N2S. The summed E-state index contributed by atoms with van der Waals surface area (Å²) in [6.45, 7) is 1.03. The highest BCUT2D eigenvalue weighted by Crippen LogP contribution is 2.28. The van der Waals surface area contributed by atoms with Crippen LogP contribution in [0.4, 0.5) is 5.69 Å². The monoisotopic (exact) mass is 246 g/mol. The quantitative estimate of drug-likeness (QED) is 0.767. The van der Waals surface area contributed by atoms with Crippen molar-refractivity contribution >= 4 is 23.0 Å². The summed E-state index contributed by atoms with van der Waals surface area (Å²) in [4.78, 5) is 2.25. The number of benzene rings is 1. The molecule has 2 nitrogen and oxygen atoms in total. The number of rotatable bonds is 1. The van der Waals surface area contributed by atoms with Gasteiger partial charge in [-0.3, -0.25) is 0 Å². The first kappa shape index (κ1) is 11.0. The maximum Gasteiger partial charge on any atom is 0.173 e. The van der Waals surface area contributed by atoms with E-state index in [1.54, 1.807) is 0 Å². The van der Waals surface area contributed by atoms with E-state index in [1.807, 2.05) is 0 Å². The lowest BCUT2D eigenvalue weighted by molar-refractivity contribution is 0.629. The van der Waals surface area contributed by atoms with Crippen LogP contribution in [0, 0.1) is 0 Å². The number of nitrogens with one attached hydrogen (secondary N) is 1. The predicted octanol–water partition coefficient (Wildman–Crippen LogP) is 2.87. The first-order valence-electron chi connectivity index (χ1n) is 6.50. The standard InChI is InChI=1S/C14H18N2S/c17-14(15-12-6-2-3-7-12)16-10-9-11-5-1-4-8-13(11)16/h1,4-5,8,12H,2-3,6-7,9-10H2,(H,15,17). The second kappa shape index (κ2) is 4.65. The molecule has 0 amide bonds. The molecule has 1 aromatic rings. The summed E-state index contributed by atoms with van der Waals surface area (Å²) >= 11 is 5.54.